The summed E-state index contributed by atoms with van der Waals surface area (Å²) in [6.07, 6.45) is -1.04. The summed E-state index contributed by atoms with van der Waals surface area (Å²) in [6, 6.07) is 9.97. The van der Waals surface area contributed by atoms with Gasteiger partial charge in [-0.05, 0) is 30.7 Å². The van der Waals surface area contributed by atoms with Crippen LogP contribution in [0.15, 0.2) is 30.3 Å². The number of fused-ring (bicyclic) bond motifs is 1. The van der Waals surface area contributed by atoms with Gasteiger partial charge in [-0.25, -0.2) is 4.79 Å². The molecule has 0 spiro atoms. The Morgan fingerprint density at radius 1 is 1.33 bits per heavy atom. The molecule has 0 saturated carbocycles. The molecule has 1 aliphatic heterocycles. The number of nitrogens with zero attached hydrogens (tertiary/aromatic N) is 3. The Balaban J connectivity index is 1.50. The van der Waals surface area contributed by atoms with Crippen molar-refractivity contribution in [3.8, 4) is 5.75 Å². The number of hydrogen-bond acceptors (Lipinski definition) is 5. The van der Waals surface area contributed by atoms with Gasteiger partial charge in [0, 0.05) is 19.6 Å². The molecular formula is C19H26N4O4. The minimum atomic E-state index is -1.04. The fourth-order valence-electron chi connectivity index (χ4n) is 3.17. The van der Waals surface area contributed by atoms with Gasteiger partial charge >= 0.3 is 6.09 Å². The largest absolute Gasteiger partial charge is 0.497 e. The Kier molecular flexibility index (Phi) is 6.31. The molecule has 8 nitrogen and oxygen atoms in total. The number of carbonyl (C=O) groups is 1. The van der Waals surface area contributed by atoms with Crippen LogP contribution in [0.2, 0.25) is 0 Å². The zero-order chi connectivity index (χ0) is 19.2. The second-order valence-corrected chi connectivity index (χ2v) is 6.77. The van der Waals surface area contributed by atoms with Crippen molar-refractivity contribution >= 4 is 6.09 Å². The van der Waals surface area contributed by atoms with Gasteiger partial charge in [-0.1, -0.05) is 12.1 Å². The molecule has 1 aromatic heterocycles. The first-order chi connectivity index (χ1) is 13.0. The van der Waals surface area contributed by atoms with E-state index in [0.717, 1.165) is 37.6 Å². The number of benzene rings is 1. The molecule has 0 bridgehead atoms. The van der Waals surface area contributed by atoms with E-state index in [9.17, 15) is 4.79 Å². The molecule has 0 radical (unpaired) electrons. The van der Waals surface area contributed by atoms with Crippen molar-refractivity contribution in [1.82, 2.24) is 20.0 Å². The van der Waals surface area contributed by atoms with Crippen molar-refractivity contribution in [2.45, 2.75) is 39.2 Å². The summed E-state index contributed by atoms with van der Waals surface area (Å²) < 4.78 is 12.8. The maximum absolute atomic E-state index is 10.6. The first-order valence-corrected chi connectivity index (χ1v) is 9.01. The summed E-state index contributed by atoms with van der Waals surface area (Å²) >= 11 is 0. The monoisotopic (exact) mass is 374 g/mol. The zero-order valence-electron chi connectivity index (χ0n) is 15.7. The number of amides is 1. The van der Waals surface area contributed by atoms with Crippen LogP contribution in [-0.4, -0.2) is 52.2 Å². The van der Waals surface area contributed by atoms with Crippen LogP contribution in [0.3, 0.4) is 0 Å². The molecule has 0 fully saturated rings. The predicted octanol–water partition coefficient (Wildman–Crippen LogP) is 2.08. The van der Waals surface area contributed by atoms with E-state index in [2.05, 4.69) is 33.5 Å². The third-order valence-corrected chi connectivity index (χ3v) is 4.48. The number of hydrogen-bond donors (Lipinski definition) is 2. The molecule has 1 atom stereocenters. The van der Waals surface area contributed by atoms with Crippen molar-refractivity contribution in [1.29, 1.82) is 0 Å². The smallest absolute Gasteiger partial charge is 0.404 e. The quantitative estimate of drug-likeness (QED) is 0.735. The standard InChI is InChI=1S/C19H26N4O4/c1-14(20-19(24)25)12-27-13-16-9-17-11-22(7-8-23(17)21-16)10-15-3-5-18(26-2)6-4-15/h3-6,9,14,20H,7-8,10-13H2,1-2H3,(H,24,25). The van der Waals surface area contributed by atoms with Gasteiger partial charge in [-0.2, -0.15) is 5.10 Å². The second-order valence-electron chi connectivity index (χ2n) is 6.77. The van der Waals surface area contributed by atoms with E-state index in [0.29, 0.717) is 13.2 Å². The molecule has 2 heterocycles. The van der Waals surface area contributed by atoms with Crippen LogP contribution in [0.1, 0.15) is 23.9 Å². The normalized spacial score (nSPS) is 15.2. The van der Waals surface area contributed by atoms with Gasteiger partial charge < -0.3 is 19.9 Å². The minimum Gasteiger partial charge on any atom is -0.497 e. The van der Waals surface area contributed by atoms with Crippen LogP contribution < -0.4 is 10.1 Å². The van der Waals surface area contributed by atoms with Gasteiger partial charge in [-0.3, -0.25) is 9.58 Å². The number of aromatic nitrogens is 2. The fourth-order valence-corrected chi connectivity index (χ4v) is 3.17. The number of methoxy groups -OCH3 is 1. The van der Waals surface area contributed by atoms with Gasteiger partial charge in [0.15, 0.2) is 0 Å². The predicted molar refractivity (Wildman–Crippen MR) is 99.6 cm³/mol. The molecule has 1 aromatic carbocycles. The maximum Gasteiger partial charge on any atom is 0.404 e. The Bertz CT molecular complexity index is 760. The summed E-state index contributed by atoms with van der Waals surface area (Å²) in [5.74, 6) is 0.869. The summed E-state index contributed by atoms with van der Waals surface area (Å²) in [5, 5.41) is 15.6. The third kappa shape index (κ3) is 5.45. The van der Waals surface area contributed by atoms with E-state index < -0.39 is 6.09 Å². The fraction of sp³-hybridized carbons (Fsp3) is 0.474. The zero-order valence-corrected chi connectivity index (χ0v) is 15.7. The highest BCUT2D eigenvalue weighted by molar-refractivity contribution is 5.64. The molecule has 1 unspecified atom stereocenters. The van der Waals surface area contributed by atoms with Crippen LogP contribution in [0.4, 0.5) is 4.79 Å². The van der Waals surface area contributed by atoms with Crippen molar-refractivity contribution in [3.63, 3.8) is 0 Å². The van der Waals surface area contributed by atoms with E-state index in [1.165, 1.54) is 11.3 Å². The first kappa shape index (κ1) is 19.2. The molecule has 8 heteroatoms. The van der Waals surface area contributed by atoms with Crippen LogP contribution in [-0.2, 0) is 31.0 Å². The average Bonchev–Trinajstić information content (AvgIpc) is 3.03. The van der Waals surface area contributed by atoms with Gasteiger partial charge in [0.05, 0.1) is 44.3 Å². The van der Waals surface area contributed by atoms with Crippen molar-refractivity contribution < 1.29 is 19.4 Å². The highest BCUT2D eigenvalue weighted by atomic mass is 16.5. The molecule has 2 N–H and O–H groups in total. The molecule has 0 saturated heterocycles. The van der Waals surface area contributed by atoms with Crippen molar-refractivity contribution in [3.05, 3.63) is 47.3 Å². The highest BCUT2D eigenvalue weighted by Crippen LogP contribution is 2.18. The number of carboxylic acid groups (broad SMARTS) is 1. The van der Waals surface area contributed by atoms with Crippen LogP contribution in [0.25, 0.3) is 0 Å². The molecule has 2 aromatic rings. The van der Waals surface area contributed by atoms with Gasteiger partial charge in [0.1, 0.15) is 5.75 Å². The second kappa shape index (κ2) is 8.88. The van der Waals surface area contributed by atoms with Gasteiger partial charge in [0.2, 0.25) is 0 Å². The Hall–Kier alpha value is -2.58. The highest BCUT2D eigenvalue weighted by Gasteiger charge is 2.18. The van der Waals surface area contributed by atoms with Crippen molar-refractivity contribution in [2.75, 3.05) is 20.3 Å². The summed E-state index contributed by atoms with van der Waals surface area (Å²) in [5.41, 5.74) is 3.30. The lowest BCUT2D eigenvalue weighted by Gasteiger charge is -2.27. The van der Waals surface area contributed by atoms with E-state index in [1.54, 1.807) is 14.0 Å². The third-order valence-electron chi connectivity index (χ3n) is 4.48. The molecule has 0 aliphatic carbocycles. The Labute approximate surface area is 158 Å². The van der Waals surface area contributed by atoms with Gasteiger partial charge in [0.25, 0.3) is 0 Å². The van der Waals surface area contributed by atoms with E-state index in [-0.39, 0.29) is 6.04 Å². The maximum atomic E-state index is 10.6. The van der Waals surface area contributed by atoms with E-state index >= 15 is 0 Å². The lowest BCUT2D eigenvalue weighted by molar-refractivity contribution is 0.0979. The number of rotatable bonds is 8. The molecule has 1 aliphatic rings. The topological polar surface area (TPSA) is 88.9 Å². The van der Waals surface area contributed by atoms with E-state index in [1.807, 2.05) is 16.8 Å². The van der Waals surface area contributed by atoms with Crippen LogP contribution in [0, 0.1) is 0 Å². The molecular weight excluding hydrogens is 348 g/mol. The van der Waals surface area contributed by atoms with Gasteiger partial charge in [-0.15, -0.1) is 0 Å². The first-order valence-electron chi connectivity index (χ1n) is 9.01. The molecule has 146 valence electrons. The Morgan fingerprint density at radius 3 is 2.81 bits per heavy atom. The lowest BCUT2D eigenvalue weighted by atomic mass is 10.2. The average molecular weight is 374 g/mol. The SMILES string of the molecule is COc1ccc(CN2CCn3nc(COCC(C)NC(=O)O)cc3C2)cc1. The number of nitrogens with one attached hydrogen (secondary N) is 1. The Morgan fingerprint density at radius 2 is 2.11 bits per heavy atom. The summed E-state index contributed by atoms with van der Waals surface area (Å²) in [6.45, 7) is 5.99. The summed E-state index contributed by atoms with van der Waals surface area (Å²) in [7, 11) is 1.67. The van der Waals surface area contributed by atoms with E-state index in [4.69, 9.17) is 14.6 Å². The molecule has 1 amide bonds. The molecule has 3 rings (SSSR count). The minimum absolute atomic E-state index is 0.250. The van der Waals surface area contributed by atoms with Crippen LogP contribution in [0.5, 0.6) is 5.75 Å². The summed E-state index contributed by atoms with van der Waals surface area (Å²) in [4.78, 5) is 13.0. The number of ether oxygens (including phenoxy) is 2. The lowest BCUT2D eigenvalue weighted by Crippen LogP contribution is -2.34. The van der Waals surface area contributed by atoms with Crippen LogP contribution >= 0.6 is 0 Å². The van der Waals surface area contributed by atoms with Crippen molar-refractivity contribution in [2.24, 2.45) is 0 Å². The molecule has 27 heavy (non-hydrogen) atoms.